The highest BCUT2D eigenvalue weighted by molar-refractivity contribution is 9.11. The summed E-state index contributed by atoms with van der Waals surface area (Å²) in [6.07, 6.45) is 0. The first-order chi connectivity index (χ1) is 15.4. The van der Waals surface area contributed by atoms with Gasteiger partial charge in [0.05, 0.1) is 0 Å². The fourth-order valence-corrected chi connectivity index (χ4v) is 7.18. The smallest absolute Gasteiger partial charge is 0.0297 e. The van der Waals surface area contributed by atoms with Crippen LogP contribution in [0.1, 0.15) is 11.1 Å². The van der Waals surface area contributed by atoms with Gasteiger partial charge in [0.25, 0.3) is 0 Å². The summed E-state index contributed by atoms with van der Waals surface area (Å²) in [5.74, 6) is 0. The molecule has 0 heterocycles. The van der Waals surface area contributed by atoms with Gasteiger partial charge in [0, 0.05) is 29.0 Å². The van der Waals surface area contributed by atoms with Gasteiger partial charge in [-0.3, -0.25) is 0 Å². The molecule has 4 heteroatoms. The van der Waals surface area contributed by atoms with E-state index in [9.17, 15) is 0 Å². The Bertz CT molecular complexity index is 1420. The minimum absolute atomic E-state index is 1.09. The van der Waals surface area contributed by atoms with Crippen LogP contribution in [-0.2, 0) is 0 Å². The van der Waals surface area contributed by atoms with Crippen molar-refractivity contribution in [3.8, 4) is 22.3 Å². The molecule has 0 spiro atoms. The van der Waals surface area contributed by atoms with Crippen molar-refractivity contribution >= 4 is 85.3 Å². The molecule has 0 N–H and O–H groups in total. The molecule has 158 valence electrons. The molecular weight excluding hydrogens is 656 g/mol. The molecule has 5 aromatic carbocycles. The summed E-state index contributed by atoms with van der Waals surface area (Å²) in [6.45, 7) is 4.37. The van der Waals surface area contributed by atoms with Crippen LogP contribution in [0, 0.1) is 13.8 Å². The van der Waals surface area contributed by atoms with E-state index in [0.29, 0.717) is 0 Å². The summed E-state index contributed by atoms with van der Waals surface area (Å²) in [5.41, 5.74) is 7.18. The molecule has 0 bridgehead atoms. The number of hydrogen-bond acceptors (Lipinski definition) is 0. The highest BCUT2D eigenvalue weighted by atomic mass is 79.9. The second kappa shape index (κ2) is 8.72. The Labute approximate surface area is 221 Å². The van der Waals surface area contributed by atoms with Crippen LogP contribution in [0.4, 0.5) is 0 Å². The predicted octanol–water partition coefficient (Wildman–Crippen LogP) is 11.0. The van der Waals surface area contributed by atoms with E-state index in [1.54, 1.807) is 0 Å². The Morgan fingerprint density at radius 3 is 1.19 bits per heavy atom. The van der Waals surface area contributed by atoms with E-state index in [1.807, 2.05) is 0 Å². The van der Waals surface area contributed by atoms with Gasteiger partial charge >= 0.3 is 0 Å². The number of hydrogen-bond donors (Lipinski definition) is 0. The summed E-state index contributed by atoms with van der Waals surface area (Å²) in [7, 11) is 0. The summed E-state index contributed by atoms with van der Waals surface area (Å²) in [6, 6.07) is 25.9. The molecule has 5 rings (SSSR count). The second-order valence-corrected chi connectivity index (χ2v) is 11.3. The van der Waals surface area contributed by atoms with Gasteiger partial charge in [-0.05, 0) is 114 Å². The SMILES string of the molecule is Cc1c(Br)c(-c2cc3ccccc3cc2Br)c(C)c(-c2cc3ccccc3cc2Br)c1Br. The van der Waals surface area contributed by atoms with E-state index in [-0.39, 0.29) is 0 Å². The number of halogens is 4. The molecule has 0 aliphatic carbocycles. The Balaban J connectivity index is 1.85. The lowest BCUT2D eigenvalue weighted by atomic mass is 9.89. The maximum atomic E-state index is 3.92. The zero-order valence-electron chi connectivity index (χ0n) is 17.4. The lowest BCUT2D eigenvalue weighted by molar-refractivity contribution is 1.33. The quantitative estimate of drug-likeness (QED) is 0.175. The third-order valence-corrected chi connectivity index (χ3v) is 9.35. The Kier molecular flexibility index (Phi) is 6.08. The van der Waals surface area contributed by atoms with E-state index in [1.165, 1.54) is 54.9 Å². The van der Waals surface area contributed by atoms with Crippen LogP contribution in [0.15, 0.2) is 90.7 Å². The molecule has 0 radical (unpaired) electrons. The molecule has 0 fully saturated rings. The monoisotopic (exact) mass is 670 g/mol. The zero-order chi connectivity index (χ0) is 22.6. The molecule has 0 saturated carbocycles. The Morgan fingerprint density at radius 2 is 0.812 bits per heavy atom. The molecule has 0 saturated heterocycles. The first kappa shape index (κ1) is 22.3. The molecule has 32 heavy (non-hydrogen) atoms. The summed E-state index contributed by atoms with van der Waals surface area (Å²) < 4.78 is 4.40. The van der Waals surface area contributed by atoms with Crippen molar-refractivity contribution in [2.75, 3.05) is 0 Å². The molecule has 0 atom stereocenters. The van der Waals surface area contributed by atoms with Gasteiger partial charge in [0.2, 0.25) is 0 Å². The van der Waals surface area contributed by atoms with Gasteiger partial charge in [-0.1, -0.05) is 80.4 Å². The zero-order valence-corrected chi connectivity index (χ0v) is 23.8. The highest BCUT2D eigenvalue weighted by Gasteiger charge is 2.22. The second-order valence-electron chi connectivity index (χ2n) is 7.99. The fraction of sp³-hybridized carbons (Fsp3) is 0.0714. The predicted molar refractivity (Wildman–Crippen MR) is 153 cm³/mol. The Morgan fingerprint density at radius 1 is 0.469 bits per heavy atom. The van der Waals surface area contributed by atoms with Crippen LogP contribution >= 0.6 is 63.7 Å². The molecule has 0 aliphatic rings. The van der Waals surface area contributed by atoms with Gasteiger partial charge in [-0.2, -0.15) is 0 Å². The van der Waals surface area contributed by atoms with E-state index in [4.69, 9.17) is 0 Å². The van der Waals surface area contributed by atoms with E-state index in [0.717, 1.165) is 17.9 Å². The van der Waals surface area contributed by atoms with Crippen LogP contribution in [0.3, 0.4) is 0 Å². The van der Waals surface area contributed by atoms with Gasteiger partial charge < -0.3 is 0 Å². The summed E-state index contributed by atoms with van der Waals surface area (Å²) in [5, 5.41) is 4.91. The third-order valence-electron chi connectivity index (χ3n) is 6.06. The van der Waals surface area contributed by atoms with Gasteiger partial charge in [0.15, 0.2) is 0 Å². The summed E-state index contributed by atoms with van der Waals surface area (Å²) in [4.78, 5) is 0. The third kappa shape index (κ3) is 3.69. The summed E-state index contributed by atoms with van der Waals surface area (Å²) >= 11 is 15.5. The van der Waals surface area contributed by atoms with Crippen molar-refractivity contribution in [1.82, 2.24) is 0 Å². The van der Waals surface area contributed by atoms with E-state index in [2.05, 4.69) is 150 Å². The van der Waals surface area contributed by atoms with Gasteiger partial charge in [-0.25, -0.2) is 0 Å². The minimum atomic E-state index is 1.09. The number of benzene rings is 5. The number of fused-ring (bicyclic) bond motifs is 2. The normalized spacial score (nSPS) is 11.4. The molecule has 0 aliphatic heterocycles. The van der Waals surface area contributed by atoms with Crippen molar-refractivity contribution in [3.63, 3.8) is 0 Å². The highest BCUT2D eigenvalue weighted by Crippen LogP contribution is 2.48. The van der Waals surface area contributed by atoms with Crippen LogP contribution in [0.25, 0.3) is 43.8 Å². The van der Waals surface area contributed by atoms with Gasteiger partial charge in [0.1, 0.15) is 0 Å². The van der Waals surface area contributed by atoms with E-state index < -0.39 is 0 Å². The van der Waals surface area contributed by atoms with E-state index >= 15 is 0 Å². The maximum Gasteiger partial charge on any atom is 0.0297 e. The lowest BCUT2D eigenvalue weighted by Crippen LogP contribution is -1.97. The topological polar surface area (TPSA) is 0 Å². The standard InChI is InChI=1S/C28H18Br4/c1-15-25(21-11-17-7-3-5-9-19(17)13-23(21)29)27(31)16(2)28(32)26(15)22-12-18-8-4-6-10-20(18)14-24(22)30/h3-14H,1-2H3. The van der Waals surface area contributed by atoms with Crippen molar-refractivity contribution in [2.45, 2.75) is 13.8 Å². The number of rotatable bonds is 2. The van der Waals surface area contributed by atoms with Crippen LogP contribution in [0.5, 0.6) is 0 Å². The first-order valence-electron chi connectivity index (χ1n) is 10.2. The van der Waals surface area contributed by atoms with Crippen molar-refractivity contribution in [1.29, 1.82) is 0 Å². The lowest BCUT2D eigenvalue weighted by Gasteiger charge is -2.21. The van der Waals surface area contributed by atoms with Crippen LogP contribution in [-0.4, -0.2) is 0 Å². The Hall–Kier alpha value is -1.46. The van der Waals surface area contributed by atoms with Gasteiger partial charge in [-0.15, -0.1) is 0 Å². The van der Waals surface area contributed by atoms with Crippen LogP contribution < -0.4 is 0 Å². The van der Waals surface area contributed by atoms with Crippen molar-refractivity contribution < 1.29 is 0 Å². The molecule has 0 nitrogen and oxygen atoms in total. The molecule has 5 aromatic rings. The fourth-order valence-electron chi connectivity index (χ4n) is 4.37. The van der Waals surface area contributed by atoms with Crippen molar-refractivity contribution in [2.24, 2.45) is 0 Å². The molecule has 0 unspecified atom stereocenters. The minimum Gasteiger partial charge on any atom is -0.0616 e. The maximum absolute atomic E-state index is 3.92. The van der Waals surface area contributed by atoms with Crippen molar-refractivity contribution in [3.05, 3.63) is 102 Å². The average Bonchev–Trinajstić information content (AvgIpc) is 2.78. The van der Waals surface area contributed by atoms with Crippen LogP contribution in [0.2, 0.25) is 0 Å². The first-order valence-corrected chi connectivity index (χ1v) is 13.4. The molecule has 0 amide bonds. The molecule has 0 aromatic heterocycles. The average molecular weight is 674 g/mol. The molecular formula is C28H18Br4. The largest absolute Gasteiger partial charge is 0.0616 e.